The first-order valence-corrected chi connectivity index (χ1v) is 8.60. The summed E-state index contributed by atoms with van der Waals surface area (Å²) in [6.45, 7) is 0.699. The predicted molar refractivity (Wildman–Crippen MR) is 100 cm³/mol. The van der Waals surface area contributed by atoms with Gasteiger partial charge in [-0.2, -0.15) is 0 Å². The van der Waals surface area contributed by atoms with Crippen molar-refractivity contribution in [3.8, 4) is 0 Å². The summed E-state index contributed by atoms with van der Waals surface area (Å²) in [4.78, 5) is 4.51. The molecule has 0 saturated carbocycles. The van der Waals surface area contributed by atoms with Crippen molar-refractivity contribution in [1.82, 2.24) is 10.3 Å². The average Bonchev–Trinajstić information content (AvgIpc) is 2.63. The Labute approximate surface area is 152 Å². The van der Waals surface area contributed by atoms with Gasteiger partial charge in [0.25, 0.3) is 0 Å². The lowest BCUT2D eigenvalue weighted by atomic mass is 10.0. The highest BCUT2D eigenvalue weighted by atomic mass is 35.5. The molecule has 1 heterocycles. The van der Waals surface area contributed by atoms with Crippen molar-refractivity contribution in [3.63, 3.8) is 0 Å². The van der Waals surface area contributed by atoms with E-state index < -0.39 is 0 Å². The van der Waals surface area contributed by atoms with Crippen LogP contribution in [0.15, 0.2) is 72.9 Å². The molecule has 1 unspecified atom stereocenters. The van der Waals surface area contributed by atoms with E-state index in [1.807, 2.05) is 42.6 Å². The van der Waals surface area contributed by atoms with Crippen LogP contribution in [-0.2, 0) is 13.0 Å². The second kappa shape index (κ2) is 8.29. The van der Waals surface area contributed by atoms with Crippen molar-refractivity contribution in [2.24, 2.45) is 0 Å². The van der Waals surface area contributed by atoms with Crippen LogP contribution in [0.25, 0.3) is 0 Å². The second-order valence-corrected chi connectivity index (χ2v) is 6.44. The summed E-state index contributed by atoms with van der Waals surface area (Å²) in [5, 5.41) is 4.74. The summed E-state index contributed by atoms with van der Waals surface area (Å²) in [5.41, 5.74) is 3.40. The molecule has 0 amide bonds. The van der Waals surface area contributed by atoms with Gasteiger partial charge in [-0.3, -0.25) is 4.98 Å². The molecule has 0 radical (unpaired) electrons. The number of hydrogen-bond acceptors (Lipinski definition) is 2. The number of nitrogens with one attached hydrogen (secondary N) is 1. The summed E-state index contributed by atoms with van der Waals surface area (Å²) in [5.74, 6) is 0. The van der Waals surface area contributed by atoms with Gasteiger partial charge in [-0.25, -0.2) is 0 Å². The molecule has 4 heteroatoms. The van der Waals surface area contributed by atoms with E-state index in [0.29, 0.717) is 16.6 Å². The molecular weight excluding hydrogens is 339 g/mol. The van der Waals surface area contributed by atoms with Crippen molar-refractivity contribution in [2.45, 2.75) is 19.0 Å². The highest BCUT2D eigenvalue weighted by molar-refractivity contribution is 6.42. The van der Waals surface area contributed by atoms with Gasteiger partial charge < -0.3 is 5.32 Å². The zero-order valence-electron chi connectivity index (χ0n) is 13.1. The molecule has 3 aromatic rings. The van der Waals surface area contributed by atoms with Gasteiger partial charge in [0.15, 0.2) is 0 Å². The van der Waals surface area contributed by atoms with E-state index in [9.17, 15) is 0 Å². The summed E-state index contributed by atoms with van der Waals surface area (Å²) in [6.07, 6.45) is 2.70. The Bertz CT molecular complexity index is 776. The van der Waals surface area contributed by atoms with Crippen molar-refractivity contribution >= 4 is 23.2 Å². The van der Waals surface area contributed by atoms with Gasteiger partial charge >= 0.3 is 0 Å². The van der Waals surface area contributed by atoms with Crippen LogP contribution in [0, 0.1) is 0 Å². The van der Waals surface area contributed by atoms with Crippen LogP contribution in [0.3, 0.4) is 0 Å². The number of benzene rings is 2. The minimum atomic E-state index is 0.128. The molecule has 1 aromatic heterocycles. The fourth-order valence-electron chi connectivity index (χ4n) is 2.60. The molecular formula is C20H18Cl2N2. The number of halogens is 2. The van der Waals surface area contributed by atoms with Gasteiger partial charge in [-0.15, -0.1) is 0 Å². The number of hydrogen-bond donors (Lipinski definition) is 1. The van der Waals surface area contributed by atoms with Crippen LogP contribution in [0.4, 0.5) is 0 Å². The quantitative estimate of drug-likeness (QED) is 0.633. The van der Waals surface area contributed by atoms with E-state index in [1.54, 1.807) is 0 Å². The molecule has 1 atom stereocenters. The van der Waals surface area contributed by atoms with Crippen molar-refractivity contribution in [2.75, 3.05) is 0 Å². The van der Waals surface area contributed by atoms with Crippen LogP contribution < -0.4 is 5.32 Å². The molecule has 2 nitrogen and oxygen atoms in total. The standard InChI is InChI=1S/C20H18Cl2N2/c21-17-10-9-16(12-18(17)22)14-24-20(19-8-4-5-11-23-19)13-15-6-2-1-3-7-15/h1-12,20,24H,13-14H2. The number of nitrogens with zero attached hydrogens (tertiary/aromatic N) is 1. The highest BCUT2D eigenvalue weighted by Crippen LogP contribution is 2.23. The maximum Gasteiger partial charge on any atom is 0.0595 e. The van der Waals surface area contributed by atoms with Gasteiger partial charge in [0.05, 0.1) is 21.8 Å². The number of pyridine rings is 1. The van der Waals surface area contributed by atoms with Gasteiger partial charge in [-0.05, 0) is 41.8 Å². The minimum Gasteiger partial charge on any atom is -0.304 e. The Morgan fingerprint density at radius 2 is 1.62 bits per heavy atom. The van der Waals surface area contributed by atoms with Crippen LogP contribution in [0.2, 0.25) is 10.0 Å². The Kier molecular flexibility index (Phi) is 5.86. The Hall–Kier alpha value is -1.87. The normalized spacial score (nSPS) is 12.1. The number of rotatable bonds is 6. The molecule has 122 valence electrons. The lowest BCUT2D eigenvalue weighted by molar-refractivity contribution is 0.518. The predicted octanol–water partition coefficient (Wildman–Crippen LogP) is 5.46. The zero-order chi connectivity index (χ0) is 16.8. The lowest BCUT2D eigenvalue weighted by Gasteiger charge is -2.19. The first-order chi connectivity index (χ1) is 11.7. The molecule has 0 spiro atoms. The first-order valence-electron chi connectivity index (χ1n) is 7.84. The van der Waals surface area contributed by atoms with Crippen LogP contribution in [0.5, 0.6) is 0 Å². The molecule has 0 fully saturated rings. The highest BCUT2D eigenvalue weighted by Gasteiger charge is 2.13. The van der Waals surface area contributed by atoms with Crippen LogP contribution >= 0.6 is 23.2 Å². The molecule has 2 aromatic carbocycles. The summed E-state index contributed by atoms with van der Waals surface area (Å²) < 4.78 is 0. The fraction of sp³-hybridized carbons (Fsp3) is 0.150. The van der Waals surface area contributed by atoms with Crippen molar-refractivity contribution in [1.29, 1.82) is 0 Å². The summed E-state index contributed by atoms with van der Waals surface area (Å²) in [7, 11) is 0. The zero-order valence-corrected chi connectivity index (χ0v) is 14.6. The van der Waals surface area contributed by atoms with E-state index in [0.717, 1.165) is 17.7 Å². The minimum absolute atomic E-state index is 0.128. The fourth-order valence-corrected chi connectivity index (χ4v) is 2.92. The molecule has 0 bridgehead atoms. The number of aromatic nitrogens is 1. The maximum absolute atomic E-state index is 6.10. The molecule has 24 heavy (non-hydrogen) atoms. The molecule has 0 aliphatic heterocycles. The molecule has 1 N–H and O–H groups in total. The Morgan fingerprint density at radius 1 is 0.833 bits per heavy atom. The van der Waals surface area contributed by atoms with Gasteiger partial charge in [0.2, 0.25) is 0 Å². The smallest absolute Gasteiger partial charge is 0.0595 e. The van der Waals surface area contributed by atoms with E-state index in [1.165, 1.54) is 5.56 Å². The Balaban J connectivity index is 1.75. The summed E-state index contributed by atoms with van der Waals surface area (Å²) >= 11 is 12.1. The van der Waals surface area contributed by atoms with Crippen molar-refractivity contribution in [3.05, 3.63) is 99.8 Å². The van der Waals surface area contributed by atoms with E-state index in [4.69, 9.17) is 23.2 Å². The van der Waals surface area contributed by atoms with Gasteiger partial charge in [0, 0.05) is 12.7 Å². The lowest BCUT2D eigenvalue weighted by Crippen LogP contribution is -2.23. The second-order valence-electron chi connectivity index (χ2n) is 5.63. The van der Waals surface area contributed by atoms with E-state index in [2.05, 4.69) is 40.6 Å². The van der Waals surface area contributed by atoms with Gasteiger partial charge in [0.1, 0.15) is 0 Å². The Morgan fingerprint density at radius 3 is 2.33 bits per heavy atom. The van der Waals surface area contributed by atoms with E-state index in [-0.39, 0.29) is 6.04 Å². The van der Waals surface area contributed by atoms with Gasteiger partial charge in [-0.1, -0.05) is 65.7 Å². The van der Waals surface area contributed by atoms with Crippen LogP contribution in [-0.4, -0.2) is 4.98 Å². The largest absolute Gasteiger partial charge is 0.304 e. The average molecular weight is 357 g/mol. The first kappa shape index (κ1) is 17.0. The third-order valence-corrected chi connectivity index (χ3v) is 4.60. The maximum atomic E-state index is 6.10. The molecule has 0 aliphatic rings. The van der Waals surface area contributed by atoms with E-state index >= 15 is 0 Å². The SMILES string of the molecule is Clc1ccc(CNC(Cc2ccccc2)c2ccccn2)cc1Cl. The molecule has 0 saturated heterocycles. The molecule has 3 rings (SSSR count). The third-order valence-electron chi connectivity index (χ3n) is 3.86. The topological polar surface area (TPSA) is 24.9 Å². The monoisotopic (exact) mass is 356 g/mol. The van der Waals surface area contributed by atoms with Crippen molar-refractivity contribution < 1.29 is 0 Å². The summed E-state index contributed by atoms with van der Waals surface area (Å²) in [6, 6.07) is 22.3. The molecule has 0 aliphatic carbocycles. The van der Waals surface area contributed by atoms with Crippen LogP contribution in [0.1, 0.15) is 22.9 Å². The third kappa shape index (κ3) is 4.57.